The van der Waals surface area contributed by atoms with Crippen LogP contribution in [0.5, 0.6) is 0 Å². The van der Waals surface area contributed by atoms with Crippen LogP contribution in [0.1, 0.15) is 33.4 Å². The maximum atomic E-state index is 4.05. The SMILES string of the molecule is Brc1cc(-c2ccccc2)ccc1Cn1c2ccccc2c2ccc3c(c21)-c1ccccc1C31c2ccccc2-c2c1ccc1c3ccccc3n(Cc3ccc(-c4ccccc4)cc3Br)c21. The highest BCUT2D eigenvalue weighted by atomic mass is 79.9. The van der Waals surface area contributed by atoms with Gasteiger partial charge in [0.2, 0.25) is 0 Å². The Labute approximate surface area is 405 Å². The largest absolute Gasteiger partial charge is 0.335 e. The lowest BCUT2D eigenvalue weighted by molar-refractivity contribution is 0.793. The molecule has 0 fully saturated rings. The lowest BCUT2D eigenvalue weighted by Gasteiger charge is -2.30. The van der Waals surface area contributed by atoms with Crippen molar-refractivity contribution in [3.05, 3.63) is 261 Å². The first kappa shape index (κ1) is 39.0. The summed E-state index contributed by atoms with van der Waals surface area (Å²) in [4.78, 5) is 0. The molecule has 2 heterocycles. The van der Waals surface area contributed by atoms with Crippen molar-refractivity contribution in [3.8, 4) is 44.5 Å². The van der Waals surface area contributed by atoms with E-state index in [4.69, 9.17) is 0 Å². The number of fused-ring (bicyclic) bond motifs is 18. The first-order chi connectivity index (χ1) is 33.1. The van der Waals surface area contributed by atoms with E-state index in [1.54, 1.807) is 0 Å². The lowest BCUT2D eigenvalue weighted by atomic mass is 9.70. The minimum atomic E-state index is -0.529. The van der Waals surface area contributed by atoms with Gasteiger partial charge in [0.1, 0.15) is 0 Å². The summed E-state index contributed by atoms with van der Waals surface area (Å²) >= 11 is 8.10. The molecule has 0 atom stereocenters. The number of para-hydroxylation sites is 2. The van der Waals surface area contributed by atoms with Gasteiger partial charge in [-0.2, -0.15) is 0 Å². The Morgan fingerprint density at radius 1 is 0.328 bits per heavy atom. The Morgan fingerprint density at radius 2 is 0.731 bits per heavy atom. The summed E-state index contributed by atoms with van der Waals surface area (Å²) in [7, 11) is 0. The molecule has 0 N–H and O–H groups in total. The van der Waals surface area contributed by atoms with Gasteiger partial charge in [-0.05, 0) is 91.0 Å². The van der Waals surface area contributed by atoms with Crippen LogP contribution >= 0.6 is 31.9 Å². The summed E-state index contributed by atoms with van der Waals surface area (Å²) in [6.07, 6.45) is 0. The van der Waals surface area contributed by atoms with Gasteiger partial charge in [0.15, 0.2) is 0 Å². The molecule has 0 saturated heterocycles. The van der Waals surface area contributed by atoms with Crippen molar-refractivity contribution in [2.75, 3.05) is 0 Å². The summed E-state index contributed by atoms with van der Waals surface area (Å²) in [6.45, 7) is 1.45. The molecule has 0 bridgehead atoms. The standard InChI is InChI=1S/C63H40Br2N2/c64-55-35-41(39-15-3-1-4-16-39)27-29-43(55)37-66-57-25-13-9-19-45(57)47-31-33-53-59(61(47)66)49-21-7-11-23-51(49)63(53)52-24-12-8-22-50(52)60-54(63)34-32-48-46-20-10-14-26-58(46)67(62(48)60)38-44-30-28-42(36-56(44)65)40-17-5-2-6-18-40/h1-36H,37-38H2. The molecule has 2 aliphatic carbocycles. The third-order valence-corrected chi connectivity index (χ3v) is 16.3. The van der Waals surface area contributed by atoms with Crippen molar-refractivity contribution in [2.45, 2.75) is 18.5 Å². The number of halogens is 2. The van der Waals surface area contributed by atoms with Crippen molar-refractivity contribution in [3.63, 3.8) is 0 Å². The number of hydrogen-bond donors (Lipinski definition) is 0. The Bertz CT molecular complexity index is 3750. The maximum Gasteiger partial charge on any atom is 0.0727 e. The molecule has 67 heavy (non-hydrogen) atoms. The van der Waals surface area contributed by atoms with E-state index < -0.39 is 5.41 Å². The molecule has 2 nitrogen and oxygen atoms in total. The third kappa shape index (κ3) is 5.55. The third-order valence-electron chi connectivity index (χ3n) is 14.9. The molecule has 4 heteroatoms. The predicted molar refractivity (Wildman–Crippen MR) is 286 cm³/mol. The molecule has 0 radical (unpaired) electrons. The molecule has 10 aromatic carbocycles. The summed E-state index contributed by atoms with van der Waals surface area (Å²) in [6, 6.07) is 81.2. The Balaban J connectivity index is 1.02. The number of rotatable bonds is 6. The zero-order valence-corrected chi connectivity index (χ0v) is 39.5. The van der Waals surface area contributed by atoms with Crippen LogP contribution in [0.4, 0.5) is 0 Å². The van der Waals surface area contributed by atoms with Crippen LogP contribution in [-0.2, 0) is 18.5 Å². The smallest absolute Gasteiger partial charge is 0.0727 e. The monoisotopic (exact) mass is 982 g/mol. The zero-order valence-electron chi connectivity index (χ0n) is 36.3. The first-order valence-corrected chi connectivity index (χ1v) is 24.6. The number of hydrogen-bond acceptors (Lipinski definition) is 0. The van der Waals surface area contributed by atoms with Gasteiger partial charge >= 0.3 is 0 Å². The van der Waals surface area contributed by atoms with Crippen LogP contribution in [0, 0.1) is 0 Å². The van der Waals surface area contributed by atoms with Crippen LogP contribution in [0.2, 0.25) is 0 Å². The van der Waals surface area contributed by atoms with E-state index in [0.29, 0.717) is 0 Å². The van der Waals surface area contributed by atoms with Crippen LogP contribution in [0.25, 0.3) is 88.1 Å². The topological polar surface area (TPSA) is 9.86 Å². The van der Waals surface area contributed by atoms with Gasteiger partial charge in [-0.1, -0.05) is 226 Å². The Hall–Kier alpha value is -7.24. The van der Waals surface area contributed by atoms with E-state index in [2.05, 4.69) is 259 Å². The van der Waals surface area contributed by atoms with Crippen molar-refractivity contribution in [1.82, 2.24) is 9.13 Å². The molecule has 2 aliphatic rings. The summed E-state index contributed by atoms with van der Waals surface area (Å²) < 4.78 is 7.40. The van der Waals surface area contributed by atoms with E-state index in [1.165, 1.54) is 122 Å². The van der Waals surface area contributed by atoms with Gasteiger partial charge in [-0.25, -0.2) is 0 Å². The minimum Gasteiger partial charge on any atom is -0.335 e. The van der Waals surface area contributed by atoms with Gasteiger partial charge in [0.25, 0.3) is 0 Å². The summed E-state index contributed by atoms with van der Waals surface area (Å²) in [5.74, 6) is 0. The van der Waals surface area contributed by atoms with Gasteiger partial charge in [0.05, 0.1) is 16.4 Å². The fraction of sp³-hybridized carbons (Fsp3) is 0.0476. The maximum absolute atomic E-state index is 4.05. The molecule has 1 spiro atoms. The highest BCUT2D eigenvalue weighted by Gasteiger charge is 2.53. The van der Waals surface area contributed by atoms with Gasteiger partial charge < -0.3 is 9.13 Å². The predicted octanol–water partition coefficient (Wildman–Crippen LogP) is 17.2. The lowest BCUT2D eigenvalue weighted by Crippen LogP contribution is -2.25. The fourth-order valence-electron chi connectivity index (χ4n) is 12.0. The average Bonchev–Trinajstić information content (AvgIpc) is 4.07. The molecule has 0 saturated carbocycles. The van der Waals surface area contributed by atoms with Gasteiger partial charge in [0, 0.05) is 65.7 Å². The van der Waals surface area contributed by atoms with E-state index in [0.717, 1.165) is 22.0 Å². The second-order valence-corrected chi connectivity index (χ2v) is 19.9. The van der Waals surface area contributed by atoms with Crippen molar-refractivity contribution >= 4 is 75.5 Å². The molecular weight excluding hydrogens is 945 g/mol. The van der Waals surface area contributed by atoms with Crippen molar-refractivity contribution in [1.29, 1.82) is 0 Å². The van der Waals surface area contributed by atoms with Gasteiger partial charge in [-0.15, -0.1) is 0 Å². The van der Waals surface area contributed by atoms with E-state index in [1.807, 2.05) is 0 Å². The molecule has 2 aromatic heterocycles. The van der Waals surface area contributed by atoms with Gasteiger partial charge in [-0.3, -0.25) is 0 Å². The molecule has 14 rings (SSSR count). The van der Waals surface area contributed by atoms with Crippen LogP contribution in [0.3, 0.4) is 0 Å². The van der Waals surface area contributed by atoms with Crippen LogP contribution in [0.15, 0.2) is 227 Å². The highest BCUT2D eigenvalue weighted by Crippen LogP contribution is 2.65. The van der Waals surface area contributed by atoms with Crippen molar-refractivity contribution in [2.24, 2.45) is 0 Å². The fourth-order valence-corrected chi connectivity index (χ4v) is 13.0. The highest BCUT2D eigenvalue weighted by molar-refractivity contribution is 9.10. The number of benzene rings is 10. The van der Waals surface area contributed by atoms with Crippen LogP contribution < -0.4 is 0 Å². The normalized spacial score (nSPS) is 13.2. The molecule has 316 valence electrons. The zero-order chi connectivity index (χ0) is 44.4. The quantitative estimate of drug-likeness (QED) is 0.157. The van der Waals surface area contributed by atoms with E-state index in [9.17, 15) is 0 Å². The van der Waals surface area contributed by atoms with Crippen LogP contribution in [-0.4, -0.2) is 9.13 Å². The molecular formula is C63H40Br2N2. The molecule has 0 amide bonds. The second kappa shape index (κ2) is 14.9. The minimum absolute atomic E-state index is 0.529. The first-order valence-electron chi connectivity index (χ1n) is 23.0. The molecule has 0 aliphatic heterocycles. The summed E-state index contributed by atoms with van der Waals surface area (Å²) in [5.41, 5.74) is 22.5. The van der Waals surface area contributed by atoms with Crippen molar-refractivity contribution < 1.29 is 0 Å². The van der Waals surface area contributed by atoms with E-state index in [-0.39, 0.29) is 0 Å². The van der Waals surface area contributed by atoms with E-state index >= 15 is 0 Å². The molecule has 0 unspecified atom stereocenters. The Morgan fingerprint density at radius 3 is 1.18 bits per heavy atom. The number of nitrogens with zero attached hydrogens (tertiary/aromatic N) is 2. The average molecular weight is 985 g/mol. The second-order valence-electron chi connectivity index (χ2n) is 18.2. The number of aromatic nitrogens is 2. The Kier molecular flexibility index (Phi) is 8.66. The summed E-state index contributed by atoms with van der Waals surface area (Å²) in [5, 5.41) is 5.11. The molecule has 12 aromatic rings.